The summed E-state index contributed by atoms with van der Waals surface area (Å²) in [6.07, 6.45) is 2.81. The van der Waals surface area contributed by atoms with Crippen molar-refractivity contribution in [2.45, 2.75) is 0 Å². The predicted molar refractivity (Wildman–Crippen MR) is 71.5 cm³/mol. The molecule has 1 aliphatic rings. The number of fused-ring (bicyclic) bond motifs is 1. The average Bonchev–Trinajstić information content (AvgIpc) is 2.77. The van der Waals surface area contributed by atoms with Gasteiger partial charge >= 0.3 is 0 Å². The third-order valence-corrected chi connectivity index (χ3v) is 3.99. The SMILES string of the molecule is COc1ncnc2c1c(F)cn2SN1CCNCC1. The molecule has 0 bridgehead atoms. The Morgan fingerprint density at radius 1 is 1.37 bits per heavy atom. The summed E-state index contributed by atoms with van der Waals surface area (Å²) >= 11 is 1.46. The molecule has 1 saturated heterocycles. The van der Waals surface area contributed by atoms with Gasteiger partial charge in [0.15, 0.2) is 11.5 Å². The van der Waals surface area contributed by atoms with Gasteiger partial charge in [-0.05, 0) is 0 Å². The van der Waals surface area contributed by atoms with E-state index in [0.29, 0.717) is 11.0 Å². The summed E-state index contributed by atoms with van der Waals surface area (Å²) in [5, 5.41) is 3.60. The quantitative estimate of drug-likeness (QED) is 0.845. The number of hydrogen-bond donors (Lipinski definition) is 1. The number of rotatable bonds is 3. The lowest BCUT2D eigenvalue weighted by atomic mass is 10.4. The first-order valence-corrected chi connectivity index (χ1v) is 6.72. The van der Waals surface area contributed by atoms with Gasteiger partial charge in [0.1, 0.15) is 11.7 Å². The lowest BCUT2D eigenvalue weighted by Gasteiger charge is -2.25. The number of halogens is 1. The van der Waals surface area contributed by atoms with Crippen molar-refractivity contribution in [3.8, 4) is 5.88 Å². The molecule has 0 amide bonds. The standard InChI is InChI=1S/C11H14FN5OS/c1-18-11-9-8(12)6-17(10(9)14-7-15-11)19-16-4-2-13-3-5-16/h6-7,13H,2-5H2,1H3. The summed E-state index contributed by atoms with van der Waals surface area (Å²) < 4.78 is 23.0. The Balaban J connectivity index is 1.95. The van der Waals surface area contributed by atoms with Crippen LogP contribution in [0.3, 0.4) is 0 Å². The van der Waals surface area contributed by atoms with Crippen LogP contribution in [0.2, 0.25) is 0 Å². The molecular formula is C11H14FN5OS. The topological polar surface area (TPSA) is 55.2 Å². The van der Waals surface area contributed by atoms with E-state index in [1.54, 1.807) is 3.97 Å². The molecule has 1 fully saturated rings. The van der Waals surface area contributed by atoms with Crippen molar-refractivity contribution in [1.82, 2.24) is 23.6 Å². The summed E-state index contributed by atoms with van der Waals surface area (Å²) in [6.45, 7) is 3.70. The molecule has 1 N–H and O–H groups in total. The maximum absolute atomic E-state index is 14.0. The van der Waals surface area contributed by atoms with E-state index in [1.807, 2.05) is 0 Å². The molecule has 0 saturated carbocycles. The van der Waals surface area contributed by atoms with E-state index in [2.05, 4.69) is 19.6 Å². The molecular weight excluding hydrogens is 269 g/mol. The van der Waals surface area contributed by atoms with Gasteiger partial charge in [-0.15, -0.1) is 0 Å². The van der Waals surface area contributed by atoms with Crippen molar-refractivity contribution >= 4 is 23.2 Å². The third-order valence-electron chi connectivity index (χ3n) is 2.94. The van der Waals surface area contributed by atoms with Crippen LogP contribution in [0.25, 0.3) is 11.0 Å². The van der Waals surface area contributed by atoms with Gasteiger partial charge in [0, 0.05) is 38.3 Å². The van der Waals surface area contributed by atoms with Crippen molar-refractivity contribution in [3.63, 3.8) is 0 Å². The van der Waals surface area contributed by atoms with Crippen LogP contribution in [-0.2, 0) is 0 Å². The fourth-order valence-electron chi connectivity index (χ4n) is 2.03. The molecule has 19 heavy (non-hydrogen) atoms. The first-order chi connectivity index (χ1) is 9.29. The monoisotopic (exact) mass is 283 g/mol. The van der Waals surface area contributed by atoms with Crippen LogP contribution in [0.1, 0.15) is 0 Å². The molecule has 0 radical (unpaired) electrons. The Morgan fingerprint density at radius 3 is 2.89 bits per heavy atom. The summed E-state index contributed by atoms with van der Waals surface area (Å²) in [5.74, 6) is -0.0998. The number of hydrogen-bond acceptors (Lipinski definition) is 6. The van der Waals surface area contributed by atoms with Crippen molar-refractivity contribution in [1.29, 1.82) is 0 Å². The van der Waals surface area contributed by atoms with Crippen molar-refractivity contribution in [3.05, 3.63) is 18.3 Å². The summed E-state index contributed by atoms with van der Waals surface area (Å²) in [5.41, 5.74) is 0.535. The van der Waals surface area contributed by atoms with Crippen LogP contribution >= 0.6 is 12.1 Å². The van der Waals surface area contributed by atoms with E-state index >= 15 is 0 Å². The fourth-order valence-corrected chi connectivity index (χ4v) is 2.98. The second kappa shape index (κ2) is 5.32. The van der Waals surface area contributed by atoms with Crippen LogP contribution in [0.4, 0.5) is 4.39 Å². The minimum Gasteiger partial charge on any atom is -0.480 e. The Hall–Kier alpha value is -1.38. The lowest BCUT2D eigenvalue weighted by Crippen LogP contribution is -2.40. The number of nitrogens with zero attached hydrogens (tertiary/aromatic N) is 4. The van der Waals surface area contributed by atoms with Gasteiger partial charge in [-0.25, -0.2) is 18.7 Å². The molecule has 0 unspecified atom stereocenters. The zero-order valence-electron chi connectivity index (χ0n) is 10.5. The highest BCUT2D eigenvalue weighted by Gasteiger charge is 2.18. The van der Waals surface area contributed by atoms with Crippen LogP contribution in [0, 0.1) is 5.82 Å². The summed E-state index contributed by atoms with van der Waals surface area (Å²) in [7, 11) is 1.47. The molecule has 1 aliphatic heterocycles. The largest absolute Gasteiger partial charge is 0.480 e. The van der Waals surface area contributed by atoms with Crippen LogP contribution in [0.5, 0.6) is 5.88 Å². The summed E-state index contributed by atoms with van der Waals surface area (Å²) in [4.78, 5) is 8.07. The average molecular weight is 283 g/mol. The lowest BCUT2D eigenvalue weighted by molar-refractivity contribution is 0.395. The summed E-state index contributed by atoms with van der Waals surface area (Å²) in [6, 6.07) is 0. The fraction of sp³-hybridized carbons (Fsp3) is 0.455. The molecule has 2 aromatic rings. The van der Waals surface area contributed by atoms with Gasteiger partial charge in [-0.1, -0.05) is 0 Å². The molecule has 8 heteroatoms. The van der Waals surface area contributed by atoms with Gasteiger partial charge in [0.25, 0.3) is 0 Å². The van der Waals surface area contributed by atoms with Gasteiger partial charge in [-0.3, -0.25) is 3.97 Å². The minimum atomic E-state index is -0.366. The Labute approximate surface area is 114 Å². The number of piperazine rings is 1. The van der Waals surface area contributed by atoms with Crippen molar-refractivity contribution < 1.29 is 9.13 Å². The Bertz CT molecular complexity index is 584. The number of nitrogens with one attached hydrogen (secondary N) is 1. The van der Waals surface area contributed by atoms with Crippen molar-refractivity contribution in [2.75, 3.05) is 33.3 Å². The molecule has 6 nitrogen and oxygen atoms in total. The molecule has 0 aliphatic carbocycles. The second-order valence-electron chi connectivity index (χ2n) is 4.15. The van der Waals surface area contributed by atoms with E-state index in [9.17, 15) is 4.39 Å². The zero-order valence-corrected chi connectivity index (χ0v) is 11.3. The maximum atomic E-state index is 14.0. The van der Waals surface area contributed by atoms with Gasteiger partial charge in [0.2, 0.25) is 5.88 Å². The predicted octanol–water partition coefficient (Wildman–Crippen LogP) is 0.895. The number of methoxy groups -OCH3 is 1. The van der Waals surface area contributed by atoms with E-state index < -0.39 is 0 Å². The Morgan fingerprint density at radius 2 is 2.16 bits per heavy atom. The van der Waals surface area contributed by atoms with E-state index in [-0.39, 0.29) is 11.7 Å². The molecule has 3 rings (SSSR count). The van der Waals surface area contributed by atoms with Crippen LogP contribution in [-0.4, -0.2) is 51.5 Å². The van der Waals surface area contributed by atoms with E-state index in [4.69, 9.17) is 4.74 Å². The van der Waals surface area contributed by atoms with Gasteiger partial charge < -0.3 is 10.1 Å². The molecule has 0 spiro atoms. The molecule has 102 valence electrons. The maximum Gasteiger partial charge on any atom is 0.228 e. The normalized spacial score (nSPS) is 16.9. The van der Waals surface area contributed by atoms with Gasteiger partial charge in [0.05, 0.1) is 13.3 Å². The highest BCUT2D eigenvalue weighted by molar-refractivity contribution is 7.95. The molecule has 0 atom stereocenters. The van der Waals surface area contributed by atoms with Crippen LogP contribution in [0.15, 0.2) is 12.5 Å². The van der Waals surface area contributed by atoms with Crippen LogP contribution < -0.4 is 10.1 Å². The molecule has 3 heterocycles. The minimum absolute atomic E-state index is 0.266. The molecule has 0 aromatic carbocycles. The van der Waals surface area contributed by atoms with Gasteiger partial charge in [-0.2, -0.15) is 0 Å². The van der Waals surface area contributed by atoms with Crippen molar-refractivity contribution in [2.24, 2.45) is 0 Å². The molecule has 2 aromatic heterocycles. The smallest absolute Gasteiger partial charge is 0.228 e. The Kier molecular flexibility index (Phi) is 3.54. The highest BCUT2D eigenvalue weighted by atomic mass is 32.2. The first-order valence-electron chi connectivity index (χ1n) is 5.99. The second-order valence-corrected chi connectivity index (χ2v) is 5.22. The highest BCUT2D eigenvalue weighted by Crippen LogP contribution is 2.29. The van der Waals surface area contributed by atoms with E-state index in [1.165, 1.54) is 31.8 Å². The van der Waals surface area contributed by atoms with E-state index in [0.717, 1.165) is 26.2 Å². The first kappa shape index (κ1) is 12.6. The number of ether oxygens (including phenoxy) is 1. The third kappa shape index (κ3) is 2.38. The number of aromatic nitrogens is 3. The zero-order chi connectivity index (χ0) is 13.2.